The highest BCUT2D eigenvalue weighted by atomic mass is 35.5. The minimum absolute atomic E-state index is 0.221. The molecule has 3 aromatic heterocycles. The molecule has 5 rings (SSSR count). The predicted molar refractivity (Wildman–Crippen MR) is 146 cm³/mol. The third kappa shape index (κ3) is 6.31. The van der Waals surface area contributed by atoms with Crippen LogP contribution in [0, 0.1) is 6.92 Å². The van der Waals surface area contributed by atoms with Crippen molar-refractivity contribution in [2.75, 3.05) is 18.4 Å². The minimum Gasteiger partial charge on any atom is -0.320 e. The smallest absolute Gasteiger partial charge is 0.255 e. The Kier molecular flexibility index (Phi) is 7.74. The molecule has 1 saturated heterocycles. The number of aryl methyl sites for hydroxylation is 1. The van der Waals surface area contributed by atoms with Gasteiger partial charge in [-0.3, -0.25) is 14.7 Å². The van der Waals surface area contributed by atoms with E-state index < -0.39 is 0 Å². The molecule has 1 amide bonds. The Balaban J connectivity index is 1.21. The minimum atomic E-state index is -0.221. The molecule has 1 N–H and O–H groups in total. The number of rotatable bonds is 6. The zero-order chi connectivity index (χ0) is 25.8. The molecule has 1 aliphatic rings. The van der Waals surface area contributed by atoms with Crippen LogP contribution in [0.4, 0.5) is 5.69 Å². The van der Waals surface area contributed by atoms with E-state index in [4.69, 9.17) is 28.2 Å². The molecule has 0 unspecified atom stereocenters. The first-order valence-corrected chi connectivity index (χ1v) is 12.9. The van der Waals surface area contributed by atoms with Crippen LogP contribution in [0.25, 0.3) is 11.4 Å². The van der Waals surface area contributed by atoms with Crippen LogP contribution in [0.15, 0.2) is 67.1 Å². The van der Waals surface area contributed by atoms with Crippen molar-refractivity contribution in [3.8, 4) is 11.4 Å². The molecule has 0 atom stereocenters. The summed E-state index contributed by atoms with van der Waals surface area (Å²) in [5, 5.41) is 3.85. The summed E-state index contributed by atoms with van der Waals surface area (Å²) in [7, 11) is 0. The van der Waals surface area contributed by atoms with Crippen molar-refractivity contribution in [2.45, 2.75) is 32.2 Å². The van der Waals surface area contributed by atoms with Gasteiger partial charge in [0.2, 0.25) is 0 Å². The molecule has 1 aromatic carbocycles. The van der Waals surface area contributed by atoms with Crippen molar-refractivity contribution in [3.05, 3.63) is 99.8 Å². The monoisotopic (exact) mass is 532 g/mol. The van der Waals surface area contributed by atoms with Gasteiger partial charge in [-0.05, 0) is 62.7 Å². The molecule has 0 spiro atoms. The van der Waals surface area contributed by atoms with E-state index in [1.807, 2.05) is 31.2 Å². The molecule has 7 nitrogen and oxygen atoms in total. The maximum absolute atomic E-state index is 12.8. The second kappa shape index (κ2) is 11.3. The standard InChI is InChI=1S/C28H26Cl2N6O/c1-18-2-7-24(35-28(37)22-8-11-31-25(30)14-22)26(34-18)20-9-12-36(13-10-20)17-19-3-5-21(6-4-19)27-32-15-23(29)16-33-27/h2-8,11,14-16,20H,9-10,12-13,17H2,1H3,(H,35,37). The Morgan fingerprint density at radius 3 is 2.43 bits per heavy atom. The lowest BCUT2D eigenvalue weighted by Gasteiger charge is -2.32. The third-order valence-corrected chi connectivity index (χ3v) is 6.92. The number of anilines is 1. The van der Waals surface area contributed by atoms with E-state index >= 15 is 0 Å². The van der Waals surface area contributed by atoms with Gasteiger partial charge in [-0.15, -0.1) is 0 Å². The maximum Gasteiger partial charge on any atom is 0.255 e. The van der Waals surface area contributed by atoms with Crippen LogP contribution in [0.1, 0.15) is 46.1 Å². The highest BCUT2D eigenvalue weighted by Gasteiger charge is 2.25. The van der Waals surface area contributed by atoms with E-state index in [1.54, 1.807) is 24.5 Å². The average molecular weight is 533 g/mol. The fraction of sp³-hybridized carbons (Fsp3) is 0.250. The number of pyridine rings is 2. The summed E-state index contributed by atoms with van der Waals surface area (Å²) < 4.78 is 0. The number of carbonyl (C=O) groups excluding carboxylic acids is 1. The fourth-order valence-corrected chi connectivity index (χ4v) is 4.85. The highest BCUT2D eigenvalue weighted by Crippen LogP contribution is 2.33. The normalized spacial score (nSPS) is 14.5. The quantitative estimate of drug-likeness (QED) is 0.298. The van der Waals surface area contributed by atoms with Gasteiger partial charge in [0.05, 0.1) is 16.4 Å². The lowest BCUT2D eigenvalue weighted by molar-refractivity contribution is 0.102. The maximum atomic E-state index is 12.8. The van der Waals surface area contributed by atoms with Gasteiger partial charge in [-0.1, -0.05) is 47.5 Å². The van der Waals surface area contributed by atoms with Crippen LogP contribution >= 0.6 is 23.2 Å². The molecule has 1 fully saturated rings. The molecule has 4 heterocycles. The van der Waals surface area contributed by atoms with Gasteiger partial charge >= 0.3 is 0 Å². The molecule has 1 aliphatic heterocycles. The van der Waals surface area contributed by atoms with Crippen LogP contribution in [0.5, 0.6) is 0 Å². The first-order valence-electron chi connectivity index (χ1n) is 12.1. The molecule has 0 saturated carbocycles. The summed E-state index contributed by atoms with van der Waals surface area (Å²) >= 11 is 11.9. The lowest BCUT2D eigenvalue weighted by Crippen LogP contribution is -2.33. The first-order chi connectivity index (χ1) is 17.9. The molecule has 0 radical (unpaired) electrons. The molecule has 4 aromatic rings. The Hall–Kier alpha value is -3.39. The number of amides is 1. The van der Waals surface area contributed by atoms with E-state index in [0.717, 1.165) is 55.1 Å². The second-order valence-corrected chi connectivity index (χ2v) is 10.0. The summed E-state index contributed by atoms with van der Waals surface area (Å²) in [4.78, 5) is 32.6. The summed E-state index contributed by atoms with van der Waals surface area (Å²) in [5.41, 5.74) is 5.31. The van der Waals surface area contributed by atoms with Crippen molar-refractivity contribution in [2.24, 2.45) is 0 Å². The van der Waals surface area contributed by atoms with Gasteiger partial charge in [0.15, 0.2) is 5.82 Å². The number of hydrogen-bond acceptors (Lipinski definition) is 6. The SMILES string of the molecule is Cc1ccc(NC(=O)c2ccnc(Cl)c2)c(C2CCN(Cc3ccc(-c4ncc(Cl)cn4)cc3)CC2)n1. The van der Waals surface area contributed by atoms with Crippen molar-refractivity contribution in [3.63, 3.8) is 0 Å². The predicted octanol–water partition coefficient (Wildman–Crippen LogP) is 6.18. The molecular formula is C28H26Cl2N6O. The fourth-order valence-electron chi connectivity index (χ4n) is 4.58. The average Bonchev–Trinajstić information content (AvgIpc) is 2.91. The molecule has 0 aliphatic carbocycles. The number of hydrogen-bond donors (Lipinski definition) is 1. The summed E-state index contributed by atoms with van der Waals surface area (Å²) in [6.45, 7) is 4.76. The van der Waals surface area contributed by atoms with E-state index in [1.165, 1.54) is 11.8 Å². The van der Waals surface area contributed by atoms with Gasteiger partial charge in [0.1, 0.15) is 5.15 Å². The van der Waals surface area contributed by atoms with Crippen molar-refractivity contribution in [1.29, 1.82) is 0 Å². The summed E-state index contributed by atoms with van der Waals surface area (Å²) in [5.74, 6) is 0.718. The van der Waals surface area contributed by atoms with E-state index in [0.29, 0.717) is 16.4 Å². The Morgan fingerprint density at radius 2 is 1.73 bits per heavy atom. The third-order valence-electron chi connectivity index (χ3n) is 6.51. The summed E-state index contributed by atoms with van der Waals surface area (Å²) in [6.07, 6.45) is 6.68. The highest BCUT2D eigenvalue weighted by molar-refractivity contribution is 6.30. The Bertz CT molecular complexity index is 1390. The molecule has 37 heavy (non-hydrogen) atoms. The second-order valence-electron chi connectivity index (χ2n) is 9.18. The van der Waals surface area contributed by atoms with Crippen molar-refractivity contribution < 1.29 is 4.79 Å². The van der Waals surface area contributed by atoms with E-state index in [9.17, 15) is 4.79 Å². The van der Waals surface area contributed by atoms with Crippen LogP contribution < -0.4 is 5.32 Å². The number of nitrogens with one attached hydrogen (secondary N) is 1. The number of benzene rings is 1. The number of piperidine rings is 1. The Labute approximate surface area is 225 Å². The largest absolute Gasteiger partial charge is 0.320 e. The van der Waals surface area contributed by atoms with E-state index in [2.05, 4.69) is 37.3 Å². The van der Waals surface area contributed by atoms with Crippen LogP contribution in [-0.2, 0) is 6.54 Å². The lowest BCUT2D eigenvalue weighted by atomic mass is 9.91. The zero-order valence-electron chi connectivity index (χ0n) is 20.4. The summed E-state index contributed by atoms with van der Waals surface area (Å²) in [6, 6.07) is 15.4. The molecule has 9 heteroatoms. The van der Waals surface area contributed by atoms with E-state index in [-0.39, 0.29) is 17.0 Å². The molecular weight excluding hydrogens is 507 g/mol. The zero-order valence-corrected chi connectivity index (χ0v) is 21.9. The number of carbonyl (C=O) groups is 1. The number of likely N-dealkylation sites (tertiary alicyclic amines) is 1. The van der Waals surface area contributed by atoms with Gasteiger partial charge < -0.3 is 5.32 Å². The molecule has 0 bridgehead atoms. The van der Waals surface area contributed by atoms with Crippen molar-refractivity contribution >= 4 is 34.8 Å². The van der Waals surface area contributed by atoms with Crippen LogP contribution in [0.3, 0.4) is 0 Å². The first kappa shape index (κ1) is 25.3. The van der Waals surface area contributed by atoms with Crippen LogP contribution in [-0.4, -0.2) is 43.8 Å². The number of nitrogens with zero attached hydrogens (tertiary/aromatic N) is 5. The van der Waals surface area contributed by atoms with Crippen molar-refractivity contribution in [1.82, 2.24) is 24.8 Å². The van der Waals surface area contributed by atoms with Crippen LogP contribution in [0.2, 0.25) is 10.2 Å². The molecule has 188 valence electrons. The topological polar surface area (TPSA) is 83.9 Å². The van der Waals surface area contributed by atoms with Gasteiger partial charge in [-0.25, -0.2) is 15.0 Å². The number of halogens is 2. The van der Waals surface area contributed by atoms with Gasteiger partial charge in [-0.2, -0.15) is 0 Å². The van der Waals surface area contributed by atoms with Gasteiger partial charge in [0, 0.05) is 47.9 Å². The van der Waals surface area contributed by atoms with Gasteiger partial charge in [0.25, 0.3) is 5.91 Å². The number of aromatic nitrogens is 4. The Morgan fingerprint density at radius 1 is 1.00 bits per heavy atom.